The van der Waals surface area contributed by atoms with Crippen LogP contribution < -0.4 is 32.8 Å². The molecule has 1 aliphatic heterocycles. The van der Waals surface area contributed by atoms with E-state index in [1.165, 1.54) is 37.0 Å². The third-order valence-corrected chi connectivity index (χ3v) is 11.0. The summed E-state index contributed by atoms with van der Waals surface area (Å²) in [5.41, 5.74) is 8.56. The van der Waals surface area contributed by atoms with E-state index in [-0.39, 0.29) is 44.5 Å². The maximum Gasteiger partial charge on any atom is 0.325 e. The molecule has 2 fully saturated rings. The van der Waals surface area contributed by atoms with E-state index in [0.29, 0.717) is 49.7 Å². The summed E-state index contributed by atoms with van der Waals surface area (Å²) in [4.78, 5) is 56.2. The minimum Gasteiger partial charge on any atom is -0.465 e. The Balaban J connectivity index is 1.03. The Hall–Kier alpha value is -5.19. The van der Waals surface area contributed by atoms with Gasteiger partial charge in [0.25, 0.3) is 0 Å². The van der Waals surface area contributed by atoms with Gasteiger partial charge in [-0.05, 0) is 89.2 Å². The number of para-hydroxylation sites is 1. The number of benzene rings is 2. The third-order valence-electron chi connectivity index (χ3n) is 11.0. The van der Waals surface area contributed by atoms with Gasteiger partial charge in [-0.1, -0.05) is 61.7 Å². The van der Waals surface area contributed by atoms with Crippen LogP contribution in [0, 0.1) is 0 Å². The van der Waals surface area contributed by atoms with Crippen LogP contribution in [0.3, 0.4) is 0 Å². The number of amides is 2. The lowest BCUT2D eigenvalue weighted by atomic mass is 9.95. The molecule has 2 amide bonds. The lowest BCUT2D eigenvalue weighted by Gasteiger charge is -2.33. The van der Waals surface area contributed by atoms with Crippen LogP contribution in [0.25, 0.3) is 10.9 Å². The highest BCUT2D eigenvalue weighted by Crippen LogP contribution is 2.25. The monoisotopic (exact) mass is 827 g/mol. The molecule has 5 rings (SSSR count). The van der Waals surface area contributed by atoms with E-state index in [0.717, 1.165) is 61.8 Å². The average Bonchev–Trinajstić information content (AvgIpc) is 3.27. The van der Waals surface area contributed by atoms with Crippen LogP contribution in [0.1, 0.15) is 83.1 Å². The van der Waals surface area contributed by atoms with Crippen LogP contribution in [0.2, 0.25) is 0 Å². The van der Waals surface area contributed by atoms with Crippen LogP contribution >= 0.6 is 0 Å². The zero-order valence-electron chi connectivity index (χ0n) is 35.3. The number of anilines is 2. The first kappa shape index (κ1) is 45.9. The second-order valence-corrected chi connectivity index (χ2v) is 15.6. The number of fused-ring (bicyclic) bond motifs is 1. The summed E-state index contributed by atoms with van der Waals surface area (Å²) in [6.45, 7) is 7.03. The third kappa shape index (κ3) is 15.4. The number of carbonyl (C=O) groups is 3. The van der Waals surface area contributed by atoms with Gasteiger partial charge in [-0.25, -0.2) is 4.98 Å². The van der Waals surface area contributed by atoms with Crippen LogP contribution in [0.5, 0.6) is 0 Å². The van der Waals surface area contributed by atoms with Crippen molar-refractivity contribution in [2.45, 2.75) is 102 Å². The zero-order chi connectivity index (χ0) is 42.4. The molecule has 1 aliphatic carbocycles. The molecule has 0 spiro atoms. The molecule has 1 saturated carbocycles. The Morgan fingerprint density at radius 3 is 2.47 bits per heavy atom. The number of likely N-dealkylation sites (tertiary alicyclic amines) is 1. The number of hydrogen-bond acceptors (Lipinski definition) is 14. The quantitative estimate of drug-likeness (QED) is 0.0250. The van der Waals surface area contributed by atoms with Crippen LogP contribution in [0.4, 0.5) is 11.8 Å². The Bertz CT molecular complexity index is 1830. The first-order valence-corrected chi connectivity index (χ1v) is 21.8. The Morgan fingerprint density at radius 2 is 1.70 bits per heavy atom. The molecule has 0 bridgehead atoms. The number of nitrogens with one attached hydrogen (secondary N) is 4. The largest absolute Gasteiger partial charge is 0.465 e. The van der Waals surface area contributed by atoms with E-state index in [9.17, 15) is 14.4 Å². The van der Waals surface area contributed by atoms with Crippen molar-refractivity contribution >= 4 is 52.4 Å². The van der Waals surface area contributed by atoms with Crippen molar-refractivity contribution in [1.29, 1.82) is 0 Å². The number of piperidine rings is 1. The van der Waals surface area contributed by atoms with Crippen molar-refractivity contribution in [1.82, 2.24) is 30.4 Å². The number of hydrogen-bond donors (Lipinski definition) is 6. The lowest BCUT2D eigenvalue weighted by Crippen LogP contribution is -2.47. The van der Waals surface area contributed by atoms with Gasteiger partial charge in [-0.15, -0.1) is 0 Å². The molecule has 2 heterocycles. The van der Waals surface area contributed by atoms with E-state index in [4.69, 9.17) is 26.3 Å². The number of hydrazone groups is 1. The molecule has 0 unspecified atom stereocenters. The Labute approximate surface area is 354 Å². The Morgan fingerprint density at radius 1 is 0.950 bits per heavy atom. The van der Waals surface area contributed by atoms with Gasteiger partial charge in [0.2, 0.25) is 17.8 Å². The number of nitrogens with two attached hydrogens (primary N) is 2. The molecule has 16 heteroatoms. The van der Waals surface area contributed by atoms with Gasteiger partial charge in [-0.2, -0.15) is 10.1 Å². The lowest BCUT2D eigenvalue weighted by molar-refractivity contribution is -0.150. The van der Waals surface area contributed by atoms with Crippen molar-refractivity contribution in [3.63, 3.8) is 0 Å². The predicted octanol–water partition coefficient (Wildman–Crippen LogP) is 3.82. The molecule has 60 heavy (non-hydrogen) atoms. The second-order valence-electron chi connectivity index (χ2n) is 15.6. The number of ether oxygens (including phenoxy) is 1. The van der Waals surface area contributed by atoms with Crippen molar-refractivity contribution in [3.8, 4) is 0 Å². The minimum atomic E-state index is -0.930. The van der Waals surface area contributed by atoms with Crippen molar-refractivity contribution < 1.29 is 19.1 Å². The highest BCUT2D eigenvalue weighted by atomic mass is 16.5. The smallest absolute Gasteiger partial charge is 0.325 e. The summed E-state index contributed by atoms with van der Waals surface area (Å²) in [7, 11) is 0. The highest BCUT2D eigenvalue weighted by molar-refractivity contribution is 6.32. The zero-order valence-corrected chi connectivity index (χ0v) is 35.3. The molecule has 1 saturated heterocycles. The fraction of sp³-hybridized carbons (Fsp3) is 0.568. The number of esters is 1. The van der Waals surface area contributed by atoms with Crippen molar-refractivity contribution in [3.05, 3.63) is 60.2 Å². The molecule has 3 aromatic rings. The van der Waals surface area contributed by atoms with Crippen molar-refractivity contribution in [2.75, 3.05) is 69.6 Å². The summed E-state index contributed by atoms with van der Waals surface area (Å²) in [6.07, 6.45) is 12.2. The van der Waals surface area contributed by atoms with E-state index >= 15 is 0 Å². The summed E-state index contributed by atoms with van der Waals surface area (Å²) < 4.78 is 5.09. The summed E-state index contributed by atoms with van der Waals surface area (Å²) >= 11 is 0. The minimum absolute atomic E-state index is 0.0544. The fourth-order valence-electron chi connectivity index (χ4n) is 7.62. The number of carbonyl (C=O) groups excluding carboxylic acids is 3. The number of nitrogens with zero attached hydrogens (tertiary/aromatic N) is 6. The molecule has 1 atom stereocenters. The molecule has 2 aromatic carbocycles. The fourth-order valence-corrected chi connectivity index (χ4v) is 7.62. The van der Waals surface area contributed by atoms with E-state index in [1.807, 2.05) is 59.5 Å². The molecular formula is C44H66N12O4. The van der Waals surface area contributed by atoms with Gasteiger partial charge in [-0.3, -0.25) is 19.4 Å². The number of aliphatic imine (C=N–C) groups is 1. The predicted molar refractivity (Wildman–Crippen MR) is 239 cm³/mol. The van der Waals surface area contributed by atoms with Gasteiger partial charge in [0.15, 0.2) is 0 Å². The van der Waals surface area contributed by atoms with Gasteiger partial charge >= 0.3 is 5.97 Å². The van der Waals surface area contributed by atoms with Crippen molar-refractivity contribution in [2.24, 2.45) is 21.7 Å². The second kappa shape index (κ2) is 25.4. The van der Waals surface area contributed by atoms with Crippen LogP contribution in [-0.2, 0) is 25.7 Å². The molecule has 0 radical (unpaired) electrons. The molecule has 326 valence electrons. The van der Waals surface area contributed by atoms with E-state index in [1.54, 1.807) is 13.1 Å². The summed E-state index contributed by atoms with van der Waals surface area (Å²) in [6, 6.07) is 17.1. The van der Waals surface area contributed by atoms with Gasteiger partial charge < -0.3 is 47.4 Å². The van der Waals surface area contributed by atoms with Gasteiger partial charge in [0.1, 0.15) is 12.4 Å². The molecule has 16 nitrogen and oxygen atoms in total. The van der Waals surface area contributed by atoms with Gasteiger partial charge in [0, 0.05) is 56.3 Å². The SMILES string of the molecule is CCOC(=O)CN(Cc1ccccc1)C(=O)[C@@H](N)CCC(=O)N1CCC(Nc2nc(NCC(C=NCCCNCCCNC3CCCCC3)=NN)nc3ccccc23)CC1. The van der Waals surface area contributed by atoms with Crippen LogP contribution in [-0.4, -0.2) is 127 Å². The normalized spacial score (nSPS) is 15.9. The maximum atomic E-state index is 13.4. The summed E-state index contributed by atoms with van der Waals surface area (Å²) in [5, 5.41) is 18.9. The number of aromatic nitrogens is 2. The van der Waals surface area contributed by atoms with Gasteiger partial charge in [0.05, 0.1) is 30.4 Å². The van der Waals surface area contributed by atoms with Crippen LogP contribution in [0.15, 0.2) is 64.7 Å². The maximum absolute atomic E-state index is 13.4. The number of rotatable bonds is 24. The first-order chi connectivity index (χ1) is 29.3. The summed E-state index contributed by atoms with van der Waals surface area (Å²) in [5.74, 6) is 5.90. The average molecular weight is 827 g/mol. The molecule has 8 N–H and O–H groups in total. The molecular weight excluding hydrogens is 761 g/mol. The first-order valence-electron chi connectivity index (χ1n) is 21.8. The standard InChI is InChI=1S/C44H66N12O4/c1-2-60-41(58)32-56(31-33-13-5-3-6-14-33)43(59)38(45)19-20-40(57)55-27-21-35(22-28-55)51-42-37-17-9-10-18-39(37)52-44(53-42)50-30-36(54-46)29-48-25-11-23-47-24-12-26-49-34-15-7-4-8-16-34/h3,5-6,9-10,13-14,17-18,29,34-35,38,47,49H,2,4,7-8,11-12,15-16,19-28,30-32,45-46H2,1H3,(H2,50,51,52,53)/t38-/m0/s1. The van der Waals surface area contributed by atoms with E-state index < -0.39 is 17.9 Å². The van der Waals surface area contributed by atoms with E-state index in [2.05, 4.69) is 31.4 Å². The molecule has 2 aliphatic rings. The molecule has 1 aromatic heterocycles. The topological polar surface area (TPSA) is 218 Å². The Kier molecular flexibility index (Phi) is 19.5. The highest BCUT2D eigenvalue weighted by Gasteiger charge is 2.27.